The third-order valence-electron chi connectivity index (χ3n) is 12.2. The van der Waals surface area contributed by atoms with E-state index in [1.165, 1.54) is 19.2 Å². The predicted molar refractivity (Wildman–Crippen MR) is 179 cm³/mol. The lowest BCUT2D eigenvalue weighted by Crippen LogP contribution is -2.75. The number of nitrogens with one attached hydrogen (secondary N) is 1. The minimum absolute atomic E-state index is 0.00393. The maximum Gasteiger partial charge on any atom is 0.276 e. The van der Waals surface area contributed by atoms with Crippen LogP contribution in [0.1, 0.15) is 87.1 Å². The fraction of sp³-hybridized carbons (Fsp3) is 0.629. The largest absolute Gasteiger partial charge is 0.504 e. The molecule has 5 aliphatic carbocycles. The van der Waals surface area contributed by atoms with Crippen molar-refractivity contribution in [3.05, 3.63) is 39.7 Å². The standard InChI is InChI=1S/C35H43N9O5/c1-4-23-29(41-10-11-42(25-8-7-24(25)41)33(48)28-30(46)20(3)36-18-37-28)31(47)27-32(40-44(39-27)22-9-12-49-19(2)13-22)43(23)14-26(45)38-35-15-34(16-35,17-35)21-5-6-21/h9,18-19,21,24-25,46H,4-8,10-17H2,1-3H3,(H,38,45)/t19?,24-,25-,34?,35?/m0/s1. The molecule has 3 atom stereocenters. The summed E-state index contributed by atoms with van der Waals surface area (Å²) < 4.78 is 7.61. The van der Waals surface area contributed by atoms with E-state index in [4.69, 9.17) is 14.9 Å². The van der Waals surface area contributed by atoms with Crippen LogP contribution in [0.15, 0.2) is 17.2 Å². The third kappa shape index (κ3) is 4.65. The molecule has 14 heteroatoms. The quantitative estimate of drug-likeness (QED) is 0.365. The number of aryl methyl sites for hydroxylation is 1. The van der Waals surface area contributed by atoms with Crippen LogP contribution in [0.5, 0.6) is 5.75 Å². The number of pyridine rings is 1. The first-order chi connectivity index (χ1) is 23.6. The molecule has 2 amide bonds. The molecular weight excluding hydrogens is 626 g/mol. The smallest absolute Gasteiger partial charge is 0.276 e. The summed E-state index contributed by atoms with van der Waals surface area (Å²) in [4.78, 5) is 55.6. The lowest BCUT2D eigenvalue weighted by atomic mass is 9.37. The Kier molecular flexibility index (Phi) is 6.79. The summed E-state index contributed by atoms with van der Waals surface area (Å²) in [6.45, 7) is 6.89. The van der Waals surface area contributed by atoms with Gasteiger partial charge in [-0.3, -0.25) is 14.4 Å². The van der Waals surface area contributed by atoms with Gasteiger partial charge < -0.3 is 29.5 Å². The van der Waals surface area contributed by atoms with Crippen LogP contribution in [-0.4, -0.2) is 94.8 Å². The topological polar surface area (TPSA) is 161 Å². The van der Waals surface area contributed by atoms with Crippen LogP contribution in [0.4, 0.5) is 5.69 Å². The number of hydrogen-bond acceptors (Lipinski definition) is 10. The van der Waals surface area contributed by atoms with E-state index in [0.29, 0.717) is 55.0 Å². The van der Waals surface area contributed by atoms with Gasteiger partial charge in [-0.1, -0.05) is 6.92 Å². The molecule has 2 aliphatic heterocycles. The molecule has 0 spiro atoms. The molecule has 7 aliphatic rings. The zero-order valence-corrected chi connectivity index (χ0v) is 28.3. The van der Waals surface area contributed by atoms with Crippen molar-refractivity contribution in [3.8, 4) is 5.75 Å². The van der Waals surface area contributed by atoms with Gasteiger partial charge >= 0.3 is 0 Å². The molecule has 10 rings (SSSR count). The van der Waals surface area contributed by atoms with Crippen molar-refractivity contribution in [2.45, 2.75) is 109 Å². The van der Waals surface area contributed by atoms with E-state index >= 15 is 0 Å². The average molecular weight is 670 g/mol. The second kappa shape index (κ2) is 10.8. The second-order valence-corrected chi connectivity index (χ2v) is 15.3. The molecule has 5 heterocycles. The zero-order chi connectivity index (χ0) is 33.8. The van der Waals surface area contributed by atoms with Gasteiger partial charge in [0.05, 0.1) is 30.1 Å². The lowest BCUT2D eigenvalue weighted by Gasteiger charge is -2.71. The number of amides is 2. The number of anilines is 1. The van der Waals surface area contributed by atoms with E-state index in [2.05, 4.69) is 20.2 Å². The van der Waals surface area contributed by atoms with Crippen LogP contribution in [0.3, 0.4) is 0 Å². The summed E-state index contributed by atoms with van der Waals surface area (Å²) in [5, 5.41) is 23.6. The fourth-order valence-electron chi connectivity index (χ4n) is 9.62. The van der Waals surface area contributed by atoms with Crippen LogP contribution in [0, 0.1) is 18.3 Å². The van der Waals surface area contributed by atoms with Gasteiger partial charge in [-0.25, -0.2) is 9.97 Å². The SMILES string of the molecule is CCc1c(N2CCN(C(=O)c3ncnc(C)c3O)[C@H]3CC[C@@H]32)c(=O)c2nn(C3=CCOC(C)C3)nc2n1CC(=O)NC12CC(C3CC3)(C1)C2. The Labute approximate surface area is 283 Å². The number of hydrogen-bond donors (Lipinski definition) is 2. The zero-order valence-electron chi connectivity index (χ0n) is 28.3. The van der Waals surface area contributed by atoms with Crippen molar-refractivity contribution in [2.24, 2.45) is 11.3 Å². The molecule has 14 nitrogen and oxygen atoms in total. The van der Waals surface area contributed by atoms with Gasteiger partial charge in [-0.2, -0.15) is 4.80 Å². The molecule has 3 aromatic heterocycles. The van der Waals surface area contributed by atoms with Gasteiger partial charge in [0, 0.05) is 36.8 Å². The monoisotopic (exact) mass is 669 g/mol. The molecule has 49 heavy (non-hydrogen) atoms. The Hall–Kier alpha value is -4.33. The molecule has 258 valence electrons. The van der Waals surface area contributed by atoms with Crippen LogP contribution >= 0.6 is 0 Å². The third-order valence-corrected chi connectivity index (χ3v) is 12.2. The number of piperazine rings is 1. The second-order valence-electron chi connectivity index (χ2n) is 15.3. The van der Waals surface area contributed by atoms with E-state index in [9.17, 15) is 19.5 Å². The van der Waals surface area contributed by atoms with Gasteiger partial charge in [-0.05, 0) is 82.6 Å². The molecule has 6 fully saturated rings. The van der Waals surface area contributed by atoms with Crippen molar-refractivity contribution in [2.75, 3.05) is 24.6 Å². The molecule has 3 aromatic rings. The number of fused-ring (bicyclic) bond motifs is 2. The summed E-state index contributed by atoms with van der Waals surface area (Å²) in [6.07, 6.45) is 11.8. The molecule has 1 saturated heterocycles. The molecule has 1 unspecified atom stereocenters. The van der Waals surface area contributed by atoms with Crippen molar-refractivity contribution < 1.29 is 19.4 Å². The molecule has 2 bridgehead atoms. The van der Waals surface area contributed by atoms with Crippen LogP contribution in [-0.2, 0) is 22.5 Å². The maximum absolute atomic E-state index is 14.6. The van der Waals surface area contributed by atoms with E-state index in [-0.39, 0.29) is 64.5 Å². The Balaban J connectivity index is 1.07. The highest BCUT2D eigenvalue weighted by Gasteiger charge is 2.72. The molecule has 0 aromatic carbocycles. The van der Waals surface area contributed by atoms with Gasteiger partial charge in [-0.15, -0.1) is 10.2 Å². The molecule has 2 N–H and O–H groups in total. The predicted octanol–water partition coefficient (Wildman–Crippen LogP) is 2.55. The van der Waals surface area contributed by atoms with E-state index in [1.54, 1.807) is 16.6 Å². The number of carbonyl (C=O) groups is 2. The Morgan fingerprint density at radius 1 is 1.08 bits per heavy atom. The van der Waals surface area contributed by atoms with Crippen molar-refractivity contribution in [1.82, 2.24) is 39.7 Å². The average Bonchev–Trinajstić information content (AvgIpc) is 3.77. The molecule has 5 saturated carbocycles. The van der Waals surface area contributed by atoms with Crippen LogP contribution in [0.2, 0.25) is 0 Å². The summed E-state index contributed by atoms with van der Waals surface area (Å²) in [6, 6.07) is -0.255. The highest BCUT2D eigenvalue weighted by Crippen LogP contribution is 2.75. The minimum atomic E-state index is -0.337. The van der Waals surface area contributed by atoms with Crippen molar-refractivity contribution >= 4 is 34.4 Å². The first-order valence-electron chi connectivity index (χ1n) is 17.8. The van der Waals surface area contributed by atoms with E-state index in [1.807, 2.05) is 24.5 Å². The van der Waals surface area contributed by atoms with Gasteiger partial charge in [0.15, 0.2) is 22.6 Å². The van der Waals surface area contributed by atoms with Crippen LogP contribution < -0.4 is 15.6 Å². The summed E-state index contributed by atoms with van der Waals surface area (Å²) >= 11 is 0. The number of aromatic hydroxyl groups is 1. The first-order valence-corrected chi connectivity index (χ1v) is 17.8. The summed E-state index contributed by atoms with van der Waals surface area (Å²) in [5.74, 6) is 0.235. The molecule has 0 radical (unpaired) electrons. The van der Waals surface area contributed by atoms with Crippen LogP contribution in [0.25, 0.3) is 16.9 Å². The first kappa shape index (κ1) is 30.7. The van der Waals surface area contributed by atoms with Gasteiger partial charge in [0.25, 0.3) is 5.91 Å². The Morgan fingerprint density at radius 2 is 1.86 bits per heavy atom. The van der Waals surface area contributed by atoms with Crippen molar-refractivity contribution in [1.29, 1.82) is 0 Å². The summed E-state index contributed by atoms with van der Waals surface area (Å²) in [7, 11) is 0. The maximum atomic E-state index is 14.6. The summed E-state index contributed by atoms with van der Waals surface area (Å²) in [5.41, 5.74) is 3.28. The highest BCUT2D eigenvalue weighted by molar-refractivity contribution is 5.95. The number of ether oxygens (including phenoxy) is 1. The number of rotatable bonds is 8. The molecular formula is C35H43N9O5. The number of aromatic nitrogens is 6. The van der Waals surface area contributed by atoms with E-state index in [0.717, 1.165) is 49.4 Å². The van der Waals surface area contributed by atoms with E-state index < -0.39 is 0 Å². The minimum Gasteiger partial charge on any atom is -0.504 e. The van der Waals surface area contributed by atoms with Crippen molar-refractivity contribution in [3.63, 3.8) is 0 Å². The van der Waals surface area contributed by atoms with Gasteiger partial charge in [0.2, 0.25) is 11.3 Å². The number of carbonyl (C=O) groups excluding carboxylic acids is 2. The van der Waals surface area contributed by atoms with Gasteiger partial charge in [0.1, 0.15) is 18.6 Å². The Bertz CT molecular complexity index is 1980. The number of nitrogens with zero attached hydrogens (tertiary/aromatic N) is 8. The lowest BCUT2D eigenvalue weighted by molar-refractivity contribution is -0.176. The Morgan fingerprint density at radius 3 is 2.55 bits per heavy atom. The fourth-order valence-corrected chi connectivity index (χ4v) is 9.62. The highest BCUT2D eigenvalue weighted by atomic mass is 16.5. The normalized spacial score (nSPS) is 30.2.